The zero-order valence-electron chi connectivity index (χ0n) is 11.8. The summed E-state index contributed by atoms with van der Waals surface area (Å²) in [5.41, 5.74) is 1.20. The van der Waals surface area contributed by atoms with Crippen LogP contribution in [-0.4, -0.2) is 19.3 Å². The first-order valence-corrected chi connectivity index (χ1v) is 6.77. The second-order valence-electron chi connectivity index (χ2n) is 4.55. The van der Waals surface area contributed by atoms with Gasteiger partial charge in [-0.15, -0.1) is 0 Å². The number of halogens is 2. The van der Waals surface area contributed by atoms with Crippen LogP contribution in [0.25, 0.3) is 0 Å². The predicted molar refractivity (Wildman–Crippen MR) is 79.6 cm³/mol. The molecule has 0 radical (unpaired) electrons. The maximum absolute atomic E-state index is 13.4. The summed E-state index contributed by atoms with van der Waals surface area (Å²) in [4.78, 5) is 0. The van der Waals surface area contributed by atoms with E-state index in [-0.39, 0.29) is 11.4 Å². The standard InChI is InChI=1S/C16H16ClFO3/c1-20-14-7-6-10(9-15(14)21-2)13(19)8-11-4-3-5-12(18)16(11)17/h3-7,9,13,19H,8H2,1-2H3. The van der Waals surface area contributed by atoms with Crippen molar-refractivity contribution in [2.75, 3.05) is 14.2 Å². The molecule has 21 heavy (non-hydrogen) atoms. The van der Waals surface area contributed by atoms with E-state index < -0.39 is 11.9 Å². The summed E-state index contributed by atoms with van der Waals surface area (Å²) in [5, 5.41) is 10.3. The van der Waals surface area contributed by atoms with E-state index in [4.69, 9.17) is 21.1 Å². The number of hydrogen-bond acceptors (Lipinski definition) is 3. The molecule has 2 aromatic carbocycles. The Kier molecular flexibility index (Phi) is 5.04. The van der Waals surface area contributed by atoms with Crippen molar-refractivity contribution in [1.29, 1.82) is 0 Å². The monoisotopic (exact) mass is 310 g/mol. The number of ether oxygens (including phenoxy) is 2. The Balaban J connectivity index is 2.24. The minimum absolute atomic E-state index is 0.0389. The zero-order valence-corrected chi connectivity index (χ0v) is 12.5. The highest BCUT2D eigenvalue weighted by Gasteiger charge is 2.15. The summed E-state index contributed by atoms with van der Waals surface area (Å²) >= 11 is 5.90. The Labute approximate surface area is 127 Å². The number of methoxy groups -OCH3 is 2. The smallest absolute Gasteiger partial charge is 0.161 e. The molecule has 1 atom stereocenters. The minimum Gasteiger partial charge on any atom is -0.493 e. The molecule has 0 saturated heterocycles. The molecule has 0 aliphatic rings. The lowest BCUT2D eigenvalue weighted by Gasteiger charge is -2.15. The van der Waals surface area contributed by atoms with E-state index in [0.717, 1.165) is 0 Å². The molecule has 2 rings (SSSR count). The highest BCUT2D eigenvalue weighted by molar-refractivity contribution is 6.31. The fraction of sp³-hybridized carbons (Fsp3) is 0.250. The molecule has 2 aromatic rings. The van der Waals surface area contributed by atoms with Gasteiger partial charge in [-0.2, -0.15) is 0 Å². The molecule has 0 heterocycles. The first-order chi connectivity index (χ1) is 10.1. The van der Waals surface area contributed by atoms with Gasteiger partial charge in [0.05, 0.1) is 25.3 Å². The molecule has 0 bridgehead atoms. The van der Waals surface area contributed by atoms with Gasteiger partial charge < -0.3 is 14.6 Å². The van der Waals surface area contributed by atoms with Crippen LogP contribution in [0.2, 0.25) is 5.02 Å². The maximum atomic E-state index is 13.4. The fourth-order valence-corrected chi connectivity index (χ4v) is 2.30. The average Bonchev–Trinajstić information content (AvgIpc) is 2.51. The van der Waals surface area contributed by atoms with Crippen molar-refractivity contribution in [2.24, 2.45) is 0 Å². The summed E-state index contributed by atoms with van der Waals surface area (Å²) in [6.45, 7) is 0. The van der Waals surface area contributed by atoms with Gasteiger partial charge in [-0.05, 0) is 29.3 Å². The summed E-state index contributed by atoms with van der Waals surface area (Å²) in [7, 11) is 3.07. The van der Waals surface area contributed by atoms with Crippen LogP contribution in [0.3, 0.4) is 0 Å². The second-order valence-corrected chi connectivity index (χ2v) is 4.93. The van der Waals surface area contributed by atoms with Gasteiger partial charge in [0.2, 0.25) is 0 Å². The summed E-state index contributed by atoms with van der Waals surface area (Å²) < 4.78 is 23.7. The number of aliphatic hydroxyl groups excluding tert-OH is 1. The highest BCUT2D eigenvalue weighted by atomic mass is 35.5. The number of hydrogen-bond donors (Lipinski definition) is 1. The van der Waals surface area contributed by atoms with Gasteiger partial charge in [0.25, 0.3) is 0 Å². The third-order valence-corrected chi connectivity index (χ3v) is 3.66. The van der Waals surface area contributed by atoms with Crippen molar-refractivity contribution in [3.05, 3.63) is 58.4 Å². The topological polar surface area (TPSA) is 38.7 Å². The van der Waals surface area contributed by atoms with Gasteiger partial charge in [0.1, 0.15) is 5.82 Å². The maximum Gasteiger partial charge on any atom is 0.161 e. The van der Waals surface area contributed by atoms with Crippen LogP contribution < -0.4 is 9.47 Å². The lowest BCUT2D eigenvalue weighted by molar-refractivity contribution is 0.178. The first-order valence-electron chi connectivity index (χ1n) is 6.39. The Morgan fingerprint density at radius 2 is 1.86 bits per heavy atom. The SMILES string of the molecule is COc1ccc(C(O)Cc2cccc(F)c2Cl)cc1OC. The van der Waals surface area contributed by atoms with Crippen molar-refractivity contribution >= 4 is 11.6 Å². The summed E-state index contributed by atoms with van der Waals surface area (Å²) in [6, 6.07) is 9.68. The van der Waals surface area contributed by atoms with E-state index in [1.165, 1.54) is 13.2 Å². The Hall–Kier alpha value is -1.78. The van der Waals surface area contributed by atoms with E-state index in [0.29, 0.717) is 22.6 Å². The molecular weight excluding hydrogens is 295 g/mol. The minimum atomic E-state index is -0.816. The van der Waals surface area contributed by atoms with Gasteiger partial charge >= 0.3 is 0 Å². The summed E-state index contributed by atoms with van der Waals surface area (Å²) in [6.07, 6.45) is -0.601. The molecule has 0 amide bonds. The Morgan fingerprint density at radius 3 is 2.52 bits per heavy atom. The number of rotatable bonds is 5. The quantitative estimate of drug-likeness (QED) is 0.913. The van der Waals surface area contributed by atoms with Crippen LogP contribution in [0.15, 0.2) is 36.4 Å². The lowest BCUT2D eigenvalue weighted by atomic mass is 10.0. The summed E-state index contributed by atoms with van der Waals surface area (Å²) in [5.74, 6) is 0.616. The van der Waals surface area contributed by atoms with Crippen molar-refractivity contribution in [1.82, 2.24) is 0 Å². The molecular formula is C16H16ClFO3. The van der Waals surface area contributed by atoms with Crippen LogP contribution in [0.4, 0.5) is 4.39 Å². The number of aliphatic hydroxyl groups is 1. The third-order valence-electron chi connectivity index (χ3n) is 3.24. The third kappa shape index (κ3) is 3.46. The van der Waals surface area contributed by atoms with Crippen LogP contribution in [0, 0.1) is 5.82 Å². The van der Waals surface area contributed by atoms with Crippen molar-refractivity contribution in [3.63, 3.8) is 0 Å². The van der Waals surface area contributed by atoms with E-state index in [1.54, 1.807) is 37.4 Å². The molecule has 1 unspecified atom stereocenters. The van der Waals surface area contributed by atoms with Crippen molar-refractivity contribution in [2.45, 2.75) is 12.5 Å². The molecule has 5 heteroatoms. The van der Waals surface area contributed by atoms with Gasteiger partial charge in [0.15, 0.2) is 11.5 Å². The van der Waals surface area contributed by atoms with Gasteiger partial charge in [0, 0.05) is 6.42 Å². The zero-order chi connectivity index (χ0) is 15.4. The molecule has 112 valence electrons. The fourth-order valence-electron chi connectivity index (χ4n) is 2.09. The molecule has 0 aromatic heterocycles. The van der Waals surface area contributed by atoms with Gasteiger partial charge in [-0.25, -0.2) is 4.39 Å². The first kappa shape index (κ1) is 15.6. The molecule has 1 N–H and O–H groups in total. The van der Waals surface area contributed by atoms with Crippen LogP contribution >= 0.6 is 11.6 Å². The van der Waals surface area contributed by atoms with E-state index >= 15 is 0 Å². The highest BCUT2D eigenvalue weighted by Crippen LogP contribution is 2.32. The predicted octanol–water partition coefficient (Wildman–Crippen LogP) is 3.77. The van der Waals surface area contributed by atoms with Gasteiger partial charge in [-0.1, -0.05) is 29.8 Å². The second kappa shape index (κ2) is 6.78. The van der Waals surface area contributed by atoms with E-state index in [1.807, 2.05) is 0 Å². The molecule has 0 fully saturated rings. The largest absolute Gasteiger partial charge is 0.493 e. The van der Waals surface area contributed by atoms with E-state index in [9.17, 15) is 9.50 Å². The Bertz CT molecular complexity index is 631. The lowest BCUT2D eigenvalue weighted by Crippen LogP contribution is -2.04. The molecule has 0 aliphatic heterocycles. The van der Waals surface area contributed by atoms with Crippen molar-refractivity contribution < 1.29 is 19.0 Å². The normalized spacial score (nSPS) is 12.0. The van der Waals surface area contributed by atoms with Crippen LogP contribution in [-0.2, 0) is 6.42 Å². The van der Waals surface area contributed by atoms with Crippen molar-refractivity contribution in [3.8, 4) is 11.5 Å². The number of benzene rings is 2. The van der Waals surface area contributed by atoms with Crippen LogP contribution in [0.1, 0.15) is 17.2 Å². The van der Waals surface area contributed by atoms with Crippen LogP contribution in [0.5, 0.6) is 11.5 Å². The Morgan fingerprint density at radius 1 is 1.14 bits per heavy atom. The molecule has 0 saturated carbocycles. The average molecular weight is 311 g/mol. The van der Waals surface area contributed by atoms with E-state index in [2.05, 4.69) is 0 Å². The molecule has 3 nitrogen and oxygen atoms in total. The van der Waals surface area contributed by atoms with Gasteiger partial charge in [-0.3, -0.25) is 0 Å². The molecule has 0 aliphatic carbocycles. The molecule has 0 spiro atoms.